The second-order valence-corrected chi connectivity index (χ2v) is 5.54. The van der Waals surface area contributed by atoms with E-state index in [0.29, 0.717) is 18.4 Å². The molecule has 0 aromatic heterocycles. The van der Waals surface area contributed by atoms with Crippen LogP contribution in [-0.4, -0.2) is 16.7 Å². The molecule has 1 fully saturated rings. The van der Waals surface area contributed by atoms with Gasteiger partial charge in [0.25, 0.3) is 0 Å². The lowest BCUT2D eigenvalue weighted by molar-refractivity contribution is -0.150. The van der Waals surface area contributed by atoms with Crippen molar-refractivity contribution in [1.82, 2.24) is 4.90 Å². The Morgan fingerprint density at radius 1 is 1.33 bits per heavy atom. The highest BCUT2D eigenvalue weighted by atomic mass is 79.9. The highest BCUT2D eigenvalue weighted by Crippen LogP contribution is 2.23. The first kappa shape index (κ1) is 13.2. The van der Waals surface area contributed by atoms with E-state index in [1.807, 2.05) is 6.92 Å². The van der Waals surface area contributed by atoms with Crippen LogP contribution in [0.2, 0.25) is 0 Å². The number of nitrogens with zero attached hydrogens (tertiary/aromatic N) is 1. The van der Waals surface area contributed by atoms with Gasteiger partial charge < -0.3 is 0 Å². The number of piperidine rings is 1. The third-order valence-corrected chi connectivity index (χ3v) is 3.48. The lowest BCUT2D eigenvalue weighted by Gasteiger charge is -2.28. The number of carbonyl (C=O) groups is 2. The van der Waals surface area contributed by atoms with E-state index >= 15 is 0 Å². The van der Waals surface area contributed by atoms with Crippen LogP contribution in [0.25, 0.3) is 0 Å². The molecule has 1 aliphatic heterocycles. The Kier molecular flexibility index (Phi) is 3.80. The van der Waals surface area contributed by atoms with Crippen LogP contribution in [0.4, 0.5) is 4.39 Å². The highest BCUT2D eigenvalue weighted by molar-refractivity contribution is 9.10. The van der Waals surface area contributed by atoms with E-state index in [9.17, 15) is 14.0 Å². The first-order chi connectivity index (χ1) is 8.47. The van der Waals surface area contributed by atoms with Gasteiger partial charge in [-0.1, -0.05) is 22.9 Å². The van der Waals surface area contributed by atoms with Crippen LogP contribution in [0.15, 0.2) is 22.7 Å². The molecule has 0 N–H and O–H groups in total. The molecule has 1 aliphatic rings. The van der Waals surface area contributed by atoms with Gasteiger partial charge in [-0.2, -0.15) is 0 Å². The number of hydrogen-bond donors (Lipinski definition) is 0. The van der Waals surface area contributed by atoms with Crippen molar-refractivity contribution >= 4 is 27.7 Å². The van der Waals surface area contributed by atoms with E-state index < -0.39 is 5.82 Å². The molecule has 96 valence electrons. The summed E-state index contributed by atoms with van der Waals surface area (Å²) in [5.41, 5.74) is 0.348. The van der Waals surface area contributed by atoms with Gasteiger partial charge in [-0.3, -0.25) is 14.5 Å². The molecule has 2 amide bonds. The summed E-state index contributed by atoms with van der Waals surface area (Å²) in [6.07, 6.45) is 0.697. The van der Waals surface area contributed by atoms with Gasteiger partial charge in [-0.25, -0.2) is 4.39 Å². The molecule has 1 heterocycles. The number of likely N-dealkylation sites (tertiary alicyclic amines) is 1. The van der Waals surface area contributed by atoms with Crippen molar-refractivity contribution in [3.8, 4) is 0 Å². The number of hydrogen-bond acceptors (Lipinski definition) is 2. The lowest BCUT2D eigenvalue weighted by Crippen LogP contribution is -2.42. The fourth-order valence-electron chi connectivity index (χ4n) is 2.04. The largest absolute Gasteiger partial charge is 0.278 e. The normalized spacial score (nSPS) is 17.4. The summed E-state index contributed by atoms with van der Waals surface area (Å²) in [5, 5.41) is 0. The molecule has 3 nitrogen and oxygen atoms in total. The van der Waals surface area contributed by atoms with Crippen LogP contribution in [-0.2, 0) is 16.1 Å². The number of carbonyl (C=O) groups excluding carboxylic acids is 2. The summed E-state index contributed by atoms with van der Waals surface area (Å²) in [7, 11) is 0. The molecular weight excluding hydrogens is 301 g/mol. The molecule has 0 unspecified atom stereocenters. The van der Waals surface area contributed by atoms with E-state index in [1.165, 1.54) is 6.07 Å². The van der Waals surface area contributed by atoms with E-state index in [-0.39, 0.29) is 24.3 Å². The first-order valence-electron chi connectivity index (χ1n) is 5.74. The number of rotatable bonds is 2. The van der Waals surface area contributed by atoms with Crippen molar-refractivity contribution in [2.75, 3.05) is 0 Å². The third kappa shape index (κ3) is 2.77. The maximum atomic E-state index is 13.6. The number of amides is 2. The zero-order chi connectivity index (χ0) is 13.3. The maximum Gasteiger partial charge on any atom is 0.229 e. The van der Waals surface area contributed by atoms with Crippen LogP contribution in [0.5, 0.6) is 0 Å². The zero-order valence-corrected chi connectivity index (χ0v) is 11.5. The Morgan fingerprint density at radius 3 is 2.56 bits per heavy atom. The molecule has 2 rings (SSSR count). The predicted octanol–water partition coefficient (Wildman–Crippen LogP) is 2.87. The van der Waals surface area contributed by atoms with E-state index in [4.69, 9.17) is 0 Å². The minimum atomic E-state index is -0.405. The molecule has 0 bridgehead atoms. The minimum absolute atomic E-state index is 0.00958. The molecule has 0 spiro atoms. The Labute approximate surface area is 113 Å². The summed E-state index contributed by atoms with van der Waals surface area (Å²) < 4.78 is 14.3. The second-order valence-electron chi connectivity index (χ2n) is 4.62. The van der Waals surface area contributed by atoms with E-state index in [2.05, 4.69) is 15.9 Å². The maximum absolute atomic E-state index is 13.6. The molecule has 5 heteroatoms. The molecule has 1 aromatic rings. The number of benzene rings is 1. The van der Waals surface area contributed by atoms with Gasteiger partial charge in [0.15, 0.2) is 0 Å². The van der Waals surface area contributed by atoms with Crippen molar-refractivity contribution in [3.05, 3.63) is 34.1 Å². The molecule has 0 aliphatic carbocycles. The van der Waals surface area contributed by atoms with Gasteiger partial charge in [-0.05, 0) is 24.1 Å². The van der Waals surface area contributed by atoms with Crippen molar-refractivity contribution in [1.29, 1.82) is 0 Å². The Bertz CT molecular complexity index is 486. The van der Waals surface area contributed by atoms with Crippen molar-refractivity contribution in [2.45, 2.75) is 26.3 Å². The monoisotopic (exact) mass is 313 g/mol. The van der Waals surface area contributed by atoms with Crippen LogP contribution in [0.3, 0.4) is 0 Å². The SMILES string of the molecule is CC1CC(=O)N(Cc2cc(Br)ccc2F)C(=O)C1. The Balaban J connectivity index is 2.20. The lowest BCUT2D eigenvalue weighted by atomic mass is 9.97. The van der Waals surface area contributed by atoms with Crippen LogP contribution in [0, 0.1) is 11.7 Å². The topological polar surface area (TPSA) is 37.4 Å². The van der Waals surface area contributed by atoms with Crippen LogP contribution in [0.1, 0.15) is 25.3 Å². The summed E-state index contributed by atoms with van der Waals surface area (Å²) in [6, 6.07) is 4.50. The smallest absolute Gasteiger partial charge is 0.229 e. The molecule has 1 aromatic carbocycles. The van der Waals surface area contributed by atoms with Gasteiger partial charge in [0, 0.05) is 22.9 Å². The van der Waals surface area contributed by atoms with Gasteiger partial charge in [0.05, 0.1) is 6.54 Å². The van der Waals surface area contributed by atoms with Gasteiger partial charge in [0.1, 0.15) is 5.82 Å². The fraction of sp³-hybridized carbons (Fsp3) is 0.385. The summed E-state index contributed by atoms with van der Waals surface area (Å²) in [5.74, 6) is -0.776. The van der Waals surface area contributed by atoms with Crippen molar-refractivity contribution in [2.24, 2.45) is 5.92 Å². The van der Waals surface area contributed by atoms with Crippen molar-refractivity contribution in [3.63, 3.8) is 0 Å². The molecule has 0 saturated carbocycles. The summed E-state index contributed by atoms with van der Waals surface area (Å²) >= 11 is 3.25. The first-order valence-corrected chi connectivity index (χ1v) is 6.54. The molecular formula is C13H13BrFNO2. The molecule has 18 heavy (non-hydrogen) atoms. The van der Waals surface area contributed by atoms with Crippen LogP contribution < -0.4 is 0 Å². The second kappa shape index (κ2) is 5.18. The minimum Gasteiger partial charge on any atom is -0.278 e. The van der Waals surface area contributed by atoms with Crippen molar-refractivity contribution < 1.29 is 14.0 Å². The average molecular weight is 314 g/mol. The summed E-state index contributed by atoms with van der Waals surface area (Å²) in [6.45, 7) is 1.88. The standard InChI is InChI=1S/C13H13BrFNO2/c1-8-4-12(17)16(13(18)5-8)7-9-6-10(14)2-3-11(9)15/h2-3,6,8H,4-5,7H2,1H3. The molecule has 1 saturated heterocycles. The number of imide groups is 1. The number of halogens is 2. The van der Waals surface area contributed by atoms with Gasteiger partial charge in [-0.15, -0.1) is 0 Å². The quantitative estimate of drug-likeness (QED) is 0.787. The fourth-order valence-corrected chi connectivity index (χ4v) is 2.45. The van der Waals surface area contributed by atoms with E-state index in [1.54, 1.807) is 12.1 Å². The average Bonchev–Trinajstić information content (AvgIpc) is 2.28. The van der Waals surface area contributed by atoms with Crippen LogP contribution >= 0.6 is 15.9 Å². The third-order valence-electron chi connectivity index (χ3n) is 2.98. The Morgan fingerprint density at radius 2 is 1.94 bits per heavy atom. The predicted molar refractivity (Wildman–Crippen MR) is 68.1 cm³/mol. The molecule has 0 radical (unpaired) electrons. The van der Waals surface area contributed by atoms with E-state index in [0.717, 1.165) is 9.37 Å². The van der Waals surface area contributed by atoms with Gasteiger partial charge >= 0.3 is 0 Å². The molecule has 0 atom stereocenters. The Hall–Kier alpha value is -1.23. The highest BCUT2D eigenvalue weighted by Gasteiger charge is 2.30. The zero-order valence-electron chi connectivity index (χ0n) is 9.95. The van der Waals surface area contributed by atoms with Gasteiger partial charge in [0.2, 0.25) is 11.8 Å². The summed E-state index contributed by atoms with van der Waals surface area (Å²) in [4.78, 5) is 24.7.